The normalized spacial score (nSPS) is 40.2. The molecular formula is C28H42NaO9S. The third-order valence-electron chi connectivity index (χ3n) is 11.0. The van der Waals surface area contributed by atoms with Gasteiger partial charge in [-0.2, -0.15) is 8.42 Å². The van der Waals surface area contributed by atoms with Gasteiger partial charge >= 0.3 is 11.9 Å². The second kappa shape index (κ2) is 12.6. The summed E-state index contributed by atoms with van der Waals surface area (Å²) < 4.78 is 55.4. The average Bonchev–Trinajstić information content (AvgIpc) is 3.69. The Labute approximate surface area is 253 Å². The fraction of sp³-hybridized carbons (Fsp3) is 0.929. The van der Waals surface area contributed by atoms with Crippen molar-refractivity contribution in [3.63, 3.8) is 0 Å². The van der Waals surface area contributed by atoms with Gasteiger partial charge in [-0.15, -0.1) is 0 Å². The van der Waals surface area contributed by atoms with Crippen LogP contribution in [0.2, 0.25) is 0 Å². The van der Waals surface area contributed by atoms with Crippen LogP contribution in [-0.4, -0.2) is 98.4 Å². The molecule has 215 valence electrons. The molecule has 11 atom stereocenters. The van der Waals surface area contributed by atoms with Crippen molar-refractivity contribution < 1.29 is 41.5 Å². The van der Waals surface area contributed by atoms with Crippen LogP contribution in [-0.2, 0) is 38.7 Å². The van der Waals surface area contributed by atoms with Gasteiger partial charge in [0.05, 0.1) is 31.8 Å². The van der Waals surface area contributed by atoms with E-state index in [-0.39, 0.29) is 68.2 Å². The van der Waals surface area contributed by atoms with E-state index in [1.165, 1.54) is 51.4 Å². The molecule has 0 aromatic rings. The van der Waals surface area contributed by atoms with E-state index < -0.39 is 33.7 Å². The number of hydrogen-bond acceptors (Lipinski definition) is 8. The molecule has 1 N–H and O–H groups in total. The van der Waals surface area contributed by atoms with Crippen LogP contribution >= 0.6 is 0 Å². The Morgan fingerprint density at radius 3 is 1.69 bits per heavy atom. The summed E-state index contributed by atoms with van der Waals surface area (Å²) in [5, 5.41) is -2.01. The van der Waals surface area contributed by atoms with Gasteiger partial charge in [-0.05, 0) is 98.7 Å². The van der Waals surface area contributed by atoms with E-state index in [0.29, 0.717) is 11.8 Å². The molecule has 6 aliphatic rings. The fourth-order valence-electron chi connectivity index (χ4n) is 9.70. The van der Waals surface area contributed by atoms with E-state index >= 15 is 0 Å². The minimum absolute atomic E-state index is 0. The van der Waals surface area contributed by atoms with Crippen LogP contribution in [0.3, 0.4) is 0 Å². The van der Waals surface area contributed by atoms with Crippen LogP contribution in [0.5, 0.6) is 0 Å². The van der Waals surface area contributed by atoms with E-state index in [4.69, 9.17) is 18.9 Å². The zero-order chi connectivity index (χ0) is 26.4. The smallest absolute Gasteiger partial charge is 0.327 e. The van der Waals surface area contributed by atoms with Crippen molar-refractivity contribution in [2.75, 3.05) is 26.4 Å². The molecule has 9 nitrogen and oxygen atoms in total. The SMILES string of the molecule is O=C(CC(C(=O)OCCOC1CC2CC1C1CCCC21)S(=O)(=O)O)OCCOC1CC2CC1C1CCCC21.[Na]. The zero-order valence-electron chi connectivity index (χ0n) is 23.1. The molecule has 6 saturated carbocycles. The monoisotopic (exact) mass is 577 g/mol. The summed E-state index contributed by atoms with van der Waals surface area (Å²) in [4.78, 5) is 24.7. The summed E-state index contributed by atoms with van der Waals surface area (Å²) >= 11 is 0. The minimum atomic E-state index is -4.83. The van der Waals surface area contributed by atoms with E-state index in [2.05, 4.69) is 0 Å². The van der Waals surface area contributed by atoms with Gasteiger partial charge < -0.3 is 18.9 Å². The third-order valence-corrected chi connectivity index (χ3v) is 12.1. The van der Waals surface area contributed by atoms with Crippen molar-refractivity contribution in [1.29, 1.82) is 0 Å². The van der Waals surface area contributed by atoms with Crippen molar-refractivity contribution >= 4 is 51.6 Å². The van der Waals surface area contributed by atoms with Gasteiger partial charge in [0.15, 0.2) is 5.25 Å². The number of hydrogen-bond donors (Lipinski definition) is 1. The number of ether oxygens (including phenoxy) is 4. The molecule has 6 rings (SSSR count). The molecule has 0 aliphatic heterocycles. The Bertz CT molecular complexity index is 1000. The molecule has 0 aromatic carbocycles. The topological polar surface area (TPSA) is 125 Å². The molecule has 39 heavy (non-hydrogen) atoms. The molecule has 1 radical (unpaired) electrons. The van der Waals surface area contributed by atoms with Gasteiger partial charge in [0.2, 0.25) is 0 Å². The summed E-state index contributed by atoms with van der Waals surface area (Å²) in [7, 11) is -4.83. The van der Waals surface area contributed by atoms with Crippen molar-refractivity contribution in [1.82, 2.24) is 0 Å². The molecule has 0 aromatic heterocycles. The molecular weight excluding hydrogens is 535 g/mol. The number of carbonyl (C=O) groups is 2. The zero-order valence-corrected chi connectivity index (χ0v) is 25.9. The molecule has 0 amide bonds. The average molecular weight is 578 g/mol. The van der Waals surface area contributed by atoms with Crippen LogP contribution in [0.4, 0.5) is 0 Å². The number of fused-ring (bicyclic) bond motifs is 10. The Morgan fingerprint density at radius 1 is 0.692 bits per heavy atom. The Balaban J connectivity index is 0.00000308. The third kappa shape index (κ3) is 6.27. The predicted molar refractivity (Wildman–Crippen MR) is 141 cm³/mol. The molecule has 6 fully saturated rings. The predicted octanol–water partition coefficient (Wildman–Crippen LogP) is 3.02. The van der Waals surface area contributed by atoms with Crippen LogP contribution in [0.15, 0.2) is 0 Å². The standard InChI is InChI=1S/C28H42O9S.Na/c29-27(36-9-7-34-24-13-16-11-22(24)20-5-1-3-18(16)20)15-26(38(31,32)33)28(30)37-10-8-35-25-14-17-12-23(25)21-6-2-4-19(17)21;/h16-26H,1-15H2,(H,31,32,33);. The van der Waals surface area contributed by atoms with Crippen molar-refractivity contribution in [3.05, 3.63) is 0 Å². The largest absolute Gasteiger partial charge is 0.463 e. The first-order chi connectivity index (χ1) is 18.3. The van der Waals surface area contributed by atoms with E-state index in [1.54, 1.807) is 0 Å². The quantitative estimate of drug-likeness (QED) is 0.161. The molecule has 4 bridgehead atoms. The van der Waals surface area contributed by atoms with E-state index in [9.17, 15) is 22.6 Å². The minimum Gasteiger partial charge on any atom is -0.463 e. The van der Waals surface area contributed by atoms with Crippen LogP contribution in [0.25, 0.3) is 0 Å². The van der Waals surface area contributed by atoms with Gasteiger partial charge in [0.1, 0.15) is 13.2 Å². The summed E-state index contributed by atoms with van der Waals surface area (Å²) in [6, 6.07) is 0. The maximum Gasteiger partial charge on any atom is 0.327 e. The summed E-state index contributed by atoms with van der Waals surface area (Å²) in [5.74, 6) is 3.91. The molecule has 11 unspecified atom stereocenters. The van der Waals surface area contributed by atoms with Gasteiger partial charge in [-0.1, -0.05) is 12.8 Å². The van der Waals surface area contributed by atoms with Crippen molar-refractivity contribution in [3.8, 4) is 0 Å². The number of rotatable bonds is 12. The van der Waals surface area contributed by atoms with Gasteiger partial charge in [-0.3, -0.25) is 14.1 Å². The Kier molecular flexibility index (Phi) is 9.74. The second-order valence-electron chi connectivity index (χ2n) is 12.7. The summed E-state index contributed by atoms with van der Waals surface area (Å²) in [5.41, 5.74) is 0. The van der Waals surface area contributed by atoms with Crippen molar-refractivity contribution in [2.45, 2.75) is 88.1 Å². The van der Waals surface area contributed by atoms with Crippen LogP contribution < -0.4 is 0 Å². The van der Waals surface area contributed by atoms with Crippen LogP contribution in [0.1, 0.15) is 70.6 Å². The second-order valence-corrected chi connectivity index (χ2v) is 14.3. The van der Waals surface area contributed by atoms with Gasteiger partial charge in [0.25, 0.3) is 10.1 Å². The van der Waals surface area contributed by atoms with Gasteiger partial charge in [-0.25, -0.2) is 0 Å². The van der Waals surface area contributed by atoms with E-state index in [0.717, 1.165) is 48.3 Å². The molecule has 0 saturated heterocycles. The number of esters is 2. The Hall–Kier alpha value is -0.230. The van der Waals surface area contributed by atoms with Gasteiger partial charge in [0, 0.05) is 29.6 Å². The summed E-state index contributed by atoms with van der Waals surface area (Å²) in [6.45, 7) is 0.260. The maximum atomic E-state index is 12.4. The molecule has 0 heterocycles. The first-order valence-electron chi connectivity index (χ1n) is 14.8. The van der Waals surface area contributed by atoms with Crippen molar-refractivity contribution in [2.24, 2.45) is 47.3 Å². The maximum absolute atomic E-state index is 12.4. The summed E-state index contributed by atoms with van der Waals surface area (Å²) in [6.07, 6.45) is 12.1. The fourth-order valence-corrected chi connectivity index (χ4v) is 10.4. The molecule has 6 aliphatic carbocycles. The molecule has 11 heteroatoms. The molecule has 0 spiro atoms. The van der Waals surface area contributed by atoms with Crippen LogP contribution in [0, 0.1) is 47.3 Å². The van der Waals surface area contributed by atoms with E-state index in [1.807, 2.05) is 0 Å². The first-order valence-corrected chi connectivity index (χ1v) is 16.3. The Morgan fingerprint density at radius 2 is 1.18 bits per heavy atom. The number of carbonyl (C=O) groups excluding carboxylic acids is 2. The first kappa shape index (κ1) is 30.2.